The molecular weight excluding hydrogens is 282 g/mol. The highest BCUT2D eigenvalue weighted by Crippen LogP contribution is 2.40. The Morgan fingerprint density at radius 3 is 2.95 bits per heavy atom. The summed E-state index contributed by atoms with van der Waals surface area (Å²) < 4.78 is 1.77. The quantitative estimate of drug-likeness (QED) is 0.687. The normalized spacial score (nSPS) is 14.4. The molecule has 2 heterocycles. The van der Waals surface area contributed by atoms with Gasteiger partial charge in [0.25, 0.3) is 5.91 Å². The third-order valence-electron chi connectivity index (χ3n) is 3.94. The zero-order valence-electron chi connectivity index (χ0n) is 12.0. The van der Waals surface area contributed by atoms with E-state index in [2.05, 4.69) is 20.4 Å². The van der Waals surface area contributed by atoms with Crippen LogP contribution in [0, 0.1) is 0 Å². The second kappa shape index (κ2) is 4.59. The predicted molar refractivity (Wildman–Crippen MR) is 82.1 cm³/mol. The Balaban J connectivity index is 1.65. The number of carbonyl (C=O) groups excluding carboxylic acids is 1. The maximum atomic E-state index is 12.4. The van der Waals surface area contributed by atoms with Crippen LogP contribution in [0.2, 0.25) is 0 Å². The number of fused-ring (bicyclic) bond motifs is 1. The number of anilines is 1. The van der Waals surface area contributed by atoms with Crippen molar-refractivity contribution in [1.29, 1.82) is 0 Å². The van der Waals surface area contributed by atoms with E-state index in [4.69, 9.17) is 0 Å². The van der Waals surface area contributed by atoms with Crippen LogP contribution in [0.15, 0.2) is 29.1 Å². The van der Waals surface area contributed by atoms with E-state index in [1.165, 1.54) is 0 Å². The average molecular weight is 297 g/mol. The van der Waals surface area contributed by atoms with Crippen molar-refractivity contribution in [2.45, 2.75) is 18.8 Å². The van der Waals surface area contributed by atoms with Crippen molar-refractivity contribution >= 4 is 22.6 Å². The summed E-state index contributed by atoms with van der Waals surface area (Å²) in [4.78, 5) is 29.1. The molecule has 3 aromatic rings. The lowest BCUT2D eigenvalue weighted by Crippen LogP contribution is -2.13. The van der Waals surface area contributed by atoms with E-state index < -0.39 is 0 Å². The maximum absolute atomic E-state index is 12.4. The first-order valence-electron chi connectivity index (χ1n) is 7.18. The molecule has 3 N–H and O–H groups in total. The molecule has 1 aliphatic rings. The van der Waals surface area contributed by atoms with Crippen LogP contribution in [0.4, 0.5) is 5.69 Å². The fraction of sp³-hybridized carbons (Fsp3) is 0.267. The number of rotatable bonds is 3. The van der Waals surface area contributed by atoms with Crippen molar-refractivity contribution in [2.24, 2.45) is 7.05 Å². The summed E-state index contributed by atoms with van der Waals surface area (Å²) in [7, 11) is 1.86. The number of H-pyrrole nitrogens is 2. The smallest absolute Gasteiger partial charge is 0.319 e. The van der Waals surface area contributed by atoms with Crippen LogP contribution in [-0.4, -0.2) is 25.7 Å². The maximum Gasteiger partial charge on any atom is 0.323 e. The Kier molecular flexibility index (Phi) is 2.69. The van der Waals surface area contributed by atoms with Crippen molar-refractivity contribution in [2.75, 3.05) is 5.32 Å². The van der Waals surface area contributed by atoms with Crippen molar-refractivity contribution in [3.63, 3.8) is 0 Å². The number of benzene rings is 1. The monoisotopic (exact) mass is 297 g/mol. The van der Waals surface area contributed by atoms with Crippen LogP contribution in [0.1, 0.15) is 34.9 Å². The molecule has 1 amide bonds. The van der Waals surface area contributed by atoms with Crippen LogP contribution in [0.3, 0.4) is 0 Å². The number of nitrogens with one attached hydrogen (secondary N) is 3. The molecule has 0 radical (unpaired) electrons. The number of aromatic amines is 2. The van der Waals surface area contributed by atoms with E-state index in [1.54, 1.807) is 22.9 Å². The fourth-order valence-electron chi connectivity index (χ4n) is 2.70. The van der Waals surface area contributed by atoms with Crippen molar-refractivity contribution in [3.05, 3.63) is 46.1 Å². The molecule has 0 bridgehead atoms. The highest BCUT2D eigenvalue weighted by molar-refractivity contribution is 6.06. The highest BCUT2D eigenvalue weighted by Gasteiger charge is 2.28. The van der Waals surface area contributed by atoms with Gasteiger partial charge >= 0.3 is 5.69 Å². The van der Waals surface area contributed by atoms with Gasteiger partial charge in [0.2, 0.25) is 0 Å². The standard InChI is InChI=1S/C15H15N5O2/c1-20-12(8-5-6-8)7-11(19-20)14(21)16-9-3-2-4-10-13(9)18-15(22)17-10/h2-4,7-8H,5-6H2,1H3,(H,16,21)(H2,17,18,22). The van der Waals surface area contributed by atoms with Gasteiger partial charge in [-0.25, -0.2) is 4.79 Å². The molecule has 7 heteroatoms. The predicted octanol–water partition coefficient (Wildman–Crippen LogP) is 1.72. The minimum atomic E-state index is -0.300. The van der Waals surface area contributed by atoms with Crippen molar-refractivity contribution in [1.82, 2.24) is 19.7 Å². The summed E-state index contributed by atoms with van der Waals surface area (Å²) in [5.41, 5.74) is 2.98. The number of aromatic nitrogens is 4. The van der Waals surface area contributed by atoms with Crippen LogP contribution in [0.25, 0.3) is 11.0 Å². The second-order valence-corrected chi connectivity index (χ2v) is 5.61. The lowest BCUT2D eigenvalue weighted by molar-refractivity contribution is 0.102. The first kappa shape index (κ1) is 12.9. The van der Waals surface area contributed by atoms with E-state index in [1.807, 2.05) is 13.1 Å². The van der Waals surface area contributed by atoms with Gasteiger partial charge in [-0.05, 0) is 31.0 Å². The molecular formula is C15H15N5O2. The molecule has 7 nitrogen and oxygen atoms in total. The third-order valence-corrected chi connectivity index (χ3v) is 3.94. The Bertz CT molecular complexity index is 929. The molecule has 0 spiro atoms. The minimum absolute atomic E-state index is 0.281. The lowest BCUT2D eigenvalue weighted by Gasteiger charge is -2.03. The van der Waals surface area contributed by atoms with Crippen LogP contribution in [0.5, 0.6) is 0 Å². The van der Waals surface area contributed by atoms with E-state index in [9.17, 15) is 9.59 Å². The molecule has 1 saturated carbocycles. The molecule has 0 unspecified atom stereocenters. The first-order valence-corrected chi connectivity index (χ1v) is 7.18. The second-order valence-electron chi connectivity index (χ2n) is 5.61. The average Bonchev–Trinajstić information content (AvgIpc) is 3.13. The van der Waals surface area contributed by atoms with Crippen molar-refractivity contribution in [3.8, 4) is 0 Å². The molecule has 112 valence electrons. The van der Waals surface area contributed by atoms with Gasteiger partial charge < -0.3 is 15.3 Å². The first-order chi connectivity index (χ1) is 10.6. The number of para-hydroxylation sites is 1. The van der Waals surface area contributed by atoms with Crippen LogP contribution >= 0.6 is 0 Å². The minimum Gasteiger partial charge on any atom is -0.319 e. The number of imidazole rings is 1. The number of carbonyl (C=O) groups is 1. The van der Waals surface area contributed by atoms with Gasteiger partial charge in [-0.3, -0.25) is 9.48 Å². The number of aryl methyl sites for hydroxylation is 1. The molecule has 0 atom stereocenters. The molecule has 2 aromatic heterocycles. The zero-order valence-corrected chi connectivity index (χ0v) is 12.0. The SMILES string of the molecule is Cn1nc(C(=O)Nc2cccc3[nH]c(=O)[nH]c23)cc1C1CC1. The summed E-state index contributed by atoms with van der Waals surface area (Å²) in [6, 6.07) is 7.13. The number of hydrogen-bond acceptors (Lipinski definition) is 3. The Labute approximate surface area is 125 Å². The Morgan fingerprint density at radius 1 is 1.36 bits per heavy atom. The Morgan fingerprint density at radius 2 is 2.18 bits per heavy atom. The largest absolute Gasteiger partial charge is 0.323 e. The third kappa shape index (κ3) is 2.11. The van der Waals surface area contributed by atoms with E-state index in [-0.39, 0.29) is 11.6 Å². The lowest BCUT2D eigenvalue weighted by atomic mass is 10.2. The number of nitrogens with zero attached hydrogens (tertiary/aromatic N) is 2. The summed E-state index contributed by atoms with van der Waals surface area (Å²) in [6.07, 6.45) is 2.31. The zero-order chi connectivity index (χ0) is 15.3. The molecule has 22 heavy (non-hydrogen) atoms. The van der Waals surface area contributed by atoms with Crippen molar-refractivity contribution < 1.29 is 4.79 Å². The summed E-state index contributed by atoms with van der Waals surface area (Å²) >= 11 is 0. The number of amides is 1. The van der Waals surface area contributed by atoms with E-state index in [0.717, 1.165) is 18.5 Å². The highest BCUT2D eigenvalue weighted by atomic mass is 16.2. The van der Waals surface area contributed by atoms with Crippen LogP contribution in [-0.2, 0) is 7.05 Å². The fourth-order valence-corrected chi connectivity index (χ4v) is 2.70. The van der Waals surface area contributed by atoms with Gasteiger partial charge in [-0.2, -0.15) is 5.10 Å². The Hall–Kier alpha value is -2.83. The molecule has 0 saturated heterocycles. The van der Waals surface area contributed by atoms with Gasteiger partial charge in [-0.1, -0.05) is 6.07 Å². The molecule has 1 fully saturated rings. The van der Waals surface area contributed by atoms with E-state index in [0.29, 0.717) is 28.3 Å². The molecule has 0 aliphatic heterocycles. The van der Waals surface area contributed by atoms with Gasteiger partial charge in [0.1, 0.15) is 0 Å². The topological polar surface area (TPSA) is 95.6 Å². The summed E-state index contributed by atoms with van der Waals surface area (Å²) in [6.45, 7) is 0. The molecule has 4 rings (SSSR count). The summed E-state index contributed by atoms with van der Waals surface area (Å²) in [5, 5.41) is 7.09. The molecule has 1 aliphatic carbocycles. The van der Waals surface area contributed by atoms with Crippen LogP contribution < -0.4 is 11.0 Å². The van der Waals surface area contributed by atoms with Gasteiger partial charge in [0, 0.05) is 18.7 Å². The van der Waals surface area contributed by atoms with Gasteiger partial charge in [-0.15, -0.1) is 0 Å². The molecule has 1 aromatic carbocycles. The van der Waals surface area contributed by atoms with Gasteiger partial charge in [0.15, 0.2) is 5.69 Å². The van der Waals surface area contributed by atoms with E-state index >= 15 is 0 Å². The van der Waals surface area contributed by atoms with Gasteiger partial charge in [0.05, 0.1) is 16.7 Å². The number of hydrogen-bond donors (Lipinski definition) is 3. The summed E-state index contributed by atoms with van der Waals surface area (Å²) in [5.74, 6) is 0.251.